The van der Waals surface area contributed by atoms with Gasteiger partial charge >= 0.3 is 0 Å². The molecule has 32 heavy (non-hydrogen) atoms. The predicted molar refractivity (Wildman–Crippen MR) is 125 cm³/mol. The van der Waals surface area contributed by atoms with E-state index in [1.807, 2.05) is 18.5 Å². The van der Waals surface area contributed by atoms with Crippen molar-refractivity contribution >= 4 is 11.9 Å². The zero-order valence-electron chi connectivity index (χ0n) is 19.6. The van der Waals surface area contributed by atoms with E-state index in [1.54, 1.807) is 0 Å². The predicted octanol–water partition coefficient (Wildman–Crippen LogP) is 3.59. The van der Waals surface area contributed by atoms with Crippen LogP contribution >= 0.6 is 0 Å². The van der Waals surface area contributed by atoms with Crippen molar-refractivity contribution in [2.45, 2.75) is 64.2 Å². The number of hydrogen-bond acceptors (Lipinski definition) is 5. The van der Waals surface area contributed by atoms with Crippen molar-refractivity contribution in [2.24, 2.45) is 22.7 Å². The molecule has 6 rings (SSSR count). The van der Waals surface area contributed by atoms with Gasteiger partial charge in [-0.15, -0.1) is 0 Å². The van der Waals surface area contributed by atoms with Crippen LogP contribution in [0.5, 0.6) is 0 Å². The second-order valence-electron chi connectivity index (χ2n) is 11.7. The number of amides is 1. The van der Waals surface area contributed by atoms with Crippen LogP contribution in [0.25, 0.3) is 0 Å². The van der Waals surface area contributed by atoms with Crippen LogP contribution in [-0.2, 0) is 4.79 Å². The molecular formula is C26H39N5O. The summed E-state index contributed by atoms with van der Waals surface area (Å²) in [6.45, 7) is 7.78. The lowest BCUT2D eigenvalue weighted by Gasteiger charge is -2.57. The quantitative estimate of drug-likeness (QED) is 0.705. The number of rotatable bonds is 5. The maximum atomic E-state index is 13.1. The Morgan fingerprint density at radius 2 is 1.62 bits per heavy atom. The molecule has 0 unspecified atom stereocenters. The largest absolute Gasteiger partial charge is 0.343 e. The zero-order chi connectivity index (χ0) is 21.6. The second kappa shape index (κ2) is 8.27. The summed E-state index contributed by atoms with van der Waals surface area (Å²) in [5.74, 6) is 2.91. The fraction of sp³-hybridized carbons (Fsp3) is 0.808. The Morgan fingerprint density at radius 3 is 2.38 bits per heavy atom. The lowest BCUT2D eigenvalue weighted by atomic mass is 9.58. The molecule has 1 amide bonds. The Hall–Kier alpha value is -1.69. The molecule has 4 heterocycles. The van der Waals surface area contributed by atoms with Crippen LogP contribution in [0.4, 0.5) is 5.95 Å². The topological polar surface area (TPSA) is 52.6 Å². The molecule has 3 saturated heterocycles. The number of aromatic nitrogens is 2. The summed E-state index contributed by atoms with van der Waals surface area (Å²) in [6, 6.07) is 1.91. The highest BCUT2D eigenvalue weighted by atomic mass is 16.2. The number of anilines is 1. The van der Waals surface area contributed by atoms with Gasteiger partial charge in [-0.2, -0.15) is 0 Å². The first-order valence-electron chi connectivity index (χ1n) is 13.2. The molecule has 174 valence electrons. The molecule has 1 aromatic rings. The van der Waals surface area contributed by atoms with Gasteiger partial charge in [-0.05, 0) is 68.3 Å². The number of carbonyl (C=O) groups excluding carboxylic acids is 1. The molecule has 6 heteroatoms. The van der Waals surface area contributed by atoms with Crippen LogP contribution in [0.15, 0.2) is 18.5 Å². The first kappa shape index (κ1) is 20.9. The molecule has 1 atom stereocenters. The number of likely N-dealkylation sites (tertiary alicyclic amines) is 2. The molecule has 5 aliphatic rings. The van der Waals surface area contributed by atoms with Crippen LogP contribution < -0.4 is 4.90 Å². The molecule has 2 spiro atoms. The fourth-order valence-corrected chi connectivity index (χ4v) is 7.48. The molecule has 0 aromatic carbocycles. The smallest absolute Gasteiger partial charge is 0.225 e. The number of nitrogens with zero attached hydrogens (tertiary/aromatic N) is 5. The first-order valence-corrected chi connectivity index (χ1v) is 13.2. The number of carbonyl (C=O) groups is 1. The van der Waals surface area contributed by atoms with E-state index in [0.29, 0.717) is 17.2 Å². The molecule has 2 aliphatic carbocycles. The molecule has 0 N–H and O–H groups in total. The van der Waals surface area contributed by atoms with E-state index in [9.17, 15) is 4.79 Å². The van der Waals surface area contributed by atoms with E-state index in [-0.39, 0.29) is 5.41 Å². The minimum Gasteiger partial charge on any atom is -0.343 e. The van der Waals surface area contributed by atoms with Crippen LogP contribution in [0.1, 0.15) is 64.2 Å². The second-order valence-corrected chi connectivity index (χ2v) is 11.7. The van der Waals surface area contributed by atoms with Gasteiger partial charge in [0, 0.05) is 70.0 Å². The van der Waals surface area contributed by atoms with E-state index < -0.39 is 0 Å². The van der Waals surface area contributed by atoms with Crippen molar-refractivity contribution in [1.82, 2.24) is 19.8 Å². The summed E-state index contributed by atoms with van der Waals surface area (Å²) in [5, 5.41) is 0. The van der Waals surface area contributed by atoms with Gasteiger partial charge in [-0.25, -0.2) is 9.97 Å². The Kier molecular flexibility index (Phi) is 5.39. The molecule has 0 radical (unpaired) electrons. The molecule has 5 fully saturated rings. The molecular weight excluding hydrogens is 398 g/mol. The highest BCUT2D eigenvalue weighted by Crippen LogP contribution is 2.58. The van der Waals surface area contributed by atoms with Gasteiger partial charge in [0.15, 0.2) is 0 Å². The van der Waals surface area contributed by atoms with E-state index in [4.69, 9.17) is 0 Å². The lowest BCUT2D eigenvalue weighted by Crippen LogP contribution is -2.64. The maximum absolute atomic E-state index is 13.1. The number of hydrogen-bond donors (Lipinski definition) is 0. The van der Waals surface area contributed by atoms with E-state index in [1.165, 1.54) is 64.6 Å². The van der Waals surface area contributed by atoms with Gasteiger partial charge < -0.3 is 14.7 Å². The number of fused-ring (bicyclic) bond motifs is 1. The minimum absolute atomic E-state index is 0.286. The molecule has 2 saturated carbocycles. The third-order valence-corrected chi connectivity index (χ3v) is 9.45. The van der Waals surface area contributed by atoms with Crippen molar-refractivity contribution in [3.63, 3.8) is 0 Å². The average molecular weight is 438 g/mol. The van der Waals surface area contributed by atoms with Gasteiger partial charge in [0.25, 0.3) is 0 Å². The van der Waals surface area contributed by atoms with Gasteiger partial charge in [0.2, 0.25) is 11.9 Å². The van der Waals surface area contributed by atoms with Crippen molar-refractivity contribution in [3.8, 4) is 0 Å². The summed E-state index contributed by atoms with van der Waals surface area (Å²) in [4.78, 5) is 29.7. The summed E-state index contributed by atoms with van der Waals surface area (Å²) in [7, 11) is 0. The highest BCUT2D eigenvalue weighted by Gasteiger charge is 2.63. The van der Waals surface area contributed by atoms with Gasteiger partial charge in [-0.3, -0.25) is 4.79 Å². The summed E-state index contributed by atoms with van der Waals surface area (Å²) in [6.07, 6.45) is 16.1. The third kappa shape index (κ3) is 3.82. The van der Waals surface area contributed by atoms with Crippen LogP contribution in [0.2, 0.25) is 0 Å². The standard InChI is InChI=1S/C26H39N5O/c32-23(15-21-5-1-2-6-21)30-13-3-9-25(10-14-30)19-31(24-27-11-4-12-28-24)20-26(25)17-29(18-26)16-22-7-8-22/h4,11-12,21-22H,1-3,5-10,13-20H2/t25-/m0/s1. The van der Waals surface area contributed by atoms with E-state index >= 15 is 0 Å². The van der Waals surface area contributed by atoms with Crippen LogP contribution in [0.3, 0.4) is 0 Å². The molecule has 6 nitrogen and oxygen atoms in total. The zero-order valence-corrected chi connectivity index (χ0v) is 19.6. The monoisotopic (exact) mass is 437 g/mol. The maximum Gasteiger partial charge on any atom is 0.225 e. The normalized spacial score (nSPS) is 30.8. The third-order valence-electron chi connectivity index (χ3n) is 9.45. The first-order chi connectivity index (χ1) is 15.6. The lowest BCUT2D eigenvalue weighted by molar-refractivity contribution is -0.132. The van der Waals surface area contributed by atoms with Crippen molar-refractivity contribution in [2.75, 3.05) is 50.7 Å². The fourth-order valence-electron chi connectivity index (χ4n) is 7.48. The molecule has 0 bridgehead atoms. The van der Waals surface area contributed by atoms with Crippen LogP contribution in [-0.4, -0.2) is 71.5 Å². The van der Waals surface area contributed by atoms with Crippen molar-refractivity contribution in [3.05, 3.63) is 18.5 Å². The highest BCUT2D eigenvalue weighted by molar-refractivity contribution is 5.76. The van der Waals surface area contributed by atoms with E-state index in [0.717, 1.165) is 57.3 Å². The van der Waals surface area contributed by atoms with E-state index in [2.05, 4.69) is 24.7 Å². The van der Waals surface area contributed by atoms with Gasteiger partial charge in [0.1, 0.15) is 0 Å². The minimum atomic E-state index is 0.286. The molecule has 3 aliphatic heterocycles. The van der Waals surface area contributed by atoms with Gasteiger partial charge in [-0.1, -0.05) is 12.8 Å². The van der Waals surface area contributed by atoms with Crippen LogP contribution in [0, 0.1) is 22.7 Å². The average Bonchev–Trinajstić information content (AvgIpc) is 3.40. The summed E-state index contributed by atoms with van der Waals surface area (Å²) < 4.78 is 0. The summed E-state index contributed by atoms with van der Waals surface area (Å²) >= 11 is 0. The van der Waals surface area contributed by atoms with Crippen molar-refractivity contribution in [1.29, 1.82) is 0 Å². The Labute approximate surface area is 192 Å². The van der Waals surface area contributed by atoms with Crippen molar-refractivity contribution < 1.29 is 4.79 Å². The molecule has 1 aromatic heterocycles. The SMILES string of the molecule is O=C(CC1CCCC1)N1CCC[C@]2(CC1)CN(c1ncccn1)CC21CN(CC2CC2)C1. The Balaban J connectivity index is 1.18. The van der Waals surface area contributed by atoms with Gasteiger partial charge in [0.05, 0.1) is 0 Å². The summed E-state index contributed by atoms with van der Waals surface area (Å²) in [5.41, 5.74) is 0.625. The Morgan fingerprint density at radius 1 is 0.875 bits per heavy atom. The Bertz CT molecular complexity index is 815.